The number of fused-ring (bicyclic) bond motifs is 1. The minimum atomic E-state index is -3.91. The van der Waals surface area contributed by atoms with E-state index in [2.05, 4.69) is 4.99 Å². The summed E-state index contributed by atoms with van der Waals surface area (Å²) in [6.07, 6.45) is 2.02. The predicted octanol–water partition coefficient (Wildman–Crippen LogP) is 2.69. The van der Waals surface area contributed by atoms with Crippen LogP contribution in [-0.4, -0.2) is 64.2 Å². The summed E-state index contributed by atoms with van der Waals surface area (Å²) in [6.45, 7) is 0.949. The third-order valence-electron chi connectivity index (χ3n) is 5.72. The summed E-state index contributed by atoms with van der Waals surface area (Å²) in [5, 5.41) is 0.414. The Labute approximate surface area is 212 Å². The molecular formula is C22H24ClN3O6S3. The van der Waals surface area contributed by atoms with Crippen LogP contribution in [0.1, 0.15) is 12.8 Å². The maximum Gasteiger partial charge on any atom is 0.266 e. The van der Waals surface area contributed by atoms with Crippen LogP contribution in [0.3, 0.4) is 0 Å². The van der Waals surface area contributed by atoms with Crippen LogP contribution in [0.2, 0.25) is 5.02 Å². The number of ether oxygens (including phenoxy) is 1. The van der Waals surface area contributed by atoms with Crippen LogP contribution in [-0.2, 0) is 35.9 Å². The van der Waals surface area contributed by atoms with Gasteiger partial charge in [-0.2, -0.15) is 9.30 Å². The Kier molecular flexibility index (Phi) is 7.51. The number of methoxy groups -OCH3 is 1. The van der Waals surface area contributed by atoms with Gasteiger partial charge in [0.25, 0.3) is 5.91 Å². The molecule has 1 aliphatic heterocycles. The van der Waals surface area contributed by atoms with Gasteiger partial charge in [-0.25, -0.2) is 16.8 Å². The molecule has 0 radical (unpaired) electrons. The molecule has 0 spiro atoms. The summed E-state index contributed by atoms with van der Waals surface area (Å²) in [6, 6.07) is 9.62. The monoisotopic (exact) mass is 557 g/mol. The van der Waals surface area contributed by atoms with Crippen LogP contribution in [0.15, 0.2) is 57.2 Å². The summed E-state index contributed by atoms with van der Waals surface area (Å²) < 4.78 is 59.2. The third kappa shape index (κ3) is 5.37. The summed E-state index contributed by atoms with van der Waals surface area (Å²) >= 11 is 7.06. The molecule has 0 aliphatic carbocycles. The molecule has 13 heteroatoms. The summed E-state index contributed by atoms with van der Waals surface area (Å²) in [5.41, 5.74) is 0.711. The Morgan fingerprint density at radius 2 is 1.83 bits per heavy atom. The van der Waals surface area contributed by atoms with Gasteiger partial charge in [0, 0.05) is 31.5 Å². The van der Waals surface area contributed by atoms with Crippen molar-refractivity contribution in [1.29, 1.82) is 0 Å². The number of rotatable bonds is 7. The highest BCUT2D eigenvalue weighted by Gasteiger charge is 2.39. The first-order chi connectivity index (χ1) is 16.5. The highest BCUT2D eigenvalue weighted by Crippen LogP contribution is 2.28. The topological polar surface area (TPSA) is 115 Å². The molecule has 4 rings (SSSR count). The molecule has 0 N–H and O–H groups in total. The molecule has 0 bridgehead atoms. The fourth-order valence-corrected chi connectivity index (χ4v) is 7.55. The van der Waals surface area contributed by atoms with E-state index in [-0.39, 0.29) is 16.3 Å². The molecule has 1 aromatic heterocycles. The van der Waals surface area contributed by atoms with Gasteiger partial charge >= 0.3 is 0 Å². The van der Waals surface area contributed by atoms with E-state index in [9.17, 15) is 21.6 Å². The molecular weight excluding hydrogens is 534 g/mol. The van der Waals surface area contributed by atoms with Gasteiger partial charge in [-0.05, 0) is 55.3 Å². The second-order valence-corrected chi connectivity index (χ2v) is 13.5. The number of halogens is 1. The number of carbonyl (C=O) groups excluding carboxylic acids is 1. The van der Waals surface area contributed by atoms with Crippen LogP contribution < -0.4 is 4.80 Å². The predicted molar refractivity (Wildman–Crippen MR) is 134 cm³/mol. The van der Waals surface area contributed by atoms with E-state index in [1.165, 1.54) is 46.0 Å². The lowest BCUT2D eigenvalue weighted by Crippen LogP contribution is -2.40. The Balaban J connectivity index is 1.74. The van der Waals surface area contributed by atoms with Crippen molar-refractivity contribution in [2.45, 2.75) is 35.2 Å². The summed E-state index contributed by atoms with van der Waals surface area (Å²) in [7, 11) is -5.77. The first kappa shape index (κ1) is 26.0. The first-order valence-electron chi connectivity index (χ1n) is 10.7. The van der Waals surface area contributed by atoms with Gasteiger partial charge in [0.2, 0.25) is 10.0 Å². The number of thiazole rings is 1. The minimum absolute atomic E-state index is 0.0620. The lowest BCUT2D eigenvalue weighted by Gasteiger charge is -2.21. The van der Waals surface area contributed by atoms with Gasteiger partial charge in [0.15, 0.2) is 14.6 Å². The lowest BCUT2D eigenvalue weighted by atomic mass is 10.2. The van der Waals surface area contributed by atoms with Crippen molar-refractivity contribution in [3.63, 3.8) is 0 Å². The number of nitrogens with zero attached hydrogens (tertiary/aromatic N) is 3. The second kappa shape index (κ2) is 10.1. The average molecular weight is 558 g/mol. The Morgan fingerprint density at radius 1 is 1.14 bits per heavy atom. The fraction of sp³-hybridized carbons (Fsp3) is 0.364. The van der Waals surface area contributed by atoms with Gasteiger partial charge in [0.05, 0.1) is 26.6 Å². The first-order valence-corrected chi connectivity index (χ1v) is 15.2. The molecule has 1 fully saturated rings. The van der Waals surface area contributed by atoms with E-state index in [0.29, 0.717) is 46.0 Å². The molecule has 188 valence electrons. The van der Waals surface area contributed by atoms with Crippen molar-refractivity contribution in [3.05, 3.63) is 52.3 Å². The second-order valence-electron chi connectivity index (χ2n) is 8.11. The molecule has 2 aromatic carbocycles. The van der Waals surface area contributed by atoms with E-state index >= 15 is 0 Å². The molecule has 35 heavy (non-hydrogen) atoms. The number of carbonyl (C=O) groups is 1. The average Bonchev–Trinajstić information content (AvgIpc) is 3.42. The zero-order valence-electron chi connectivity index (χ0n) is 19.0. The molecule has 2 heterocycles. The van der Waals surface area contributed by atoms with Crippen molar-refractivity contribution in [1.82, 2.24) is 8.87 Å². The molecule has 3 aromatic rings. The molecule has 1 atom stereocenters. The van der Waals surface area contributed by atoms with E-state index in [1.54, 1.807) is 23.8 Å². The number of hydrogen-bond acceptors (Lipinski definition) is 7. The molecule has 1 amide bonds. The SMILES string of the molecule is COCCn1c(=NC(=O)C2CCCN2S(=O)(=O)c2ccc(Cl)cc2)sc2cc(S(C)(=O)=O)ccc21. The van der Waals surface area contributed by atoms with E-state index in [4.69, 9.17) is 16.3 Å². The Morgan fingerprint density at radius 3 is 2.49 bits per heavy atom. The van der Waals surface area contributed by atoms with E-state index in [0.717, 1.165) is 6.26 Å². The van der Waals surface area contributed by atoms with Crippen LogP contribution in [0, 0.1) is 0 Å². The minimum Gasteiger partial charge on any atom is -0.383 e. The van der Waals surface area contributed by atoms with Crippen molar-refractivity contribution in [2.75, 3.05) is 26.5 Å². The maximum atomic E-state index is 13.3. The molecule has 1 saturated heterocycles. The van der Waals surface area contributed by atoms with Crippen LogP contribution in [0.5, 0.6) is 0 Å². The normalized spacial score (nSPS) is 17.9. The number of benzene rings is 2. The van der Waals surface area contributed by atoms with Gasteiger partial charge in [-0.15, -0.1) is 0 Å². The quantitative estimate of drug-likeness (QED) is 0.441. The zero-order chi connectivity index (χ0) is 25.4. The highest BCUT2D eigenvalue weighted by atomic mass is 35.5. The van der Waals surface area contributed by atoms with Crippen molar-refractivity contribution in [3.8, 4) is 0 Å². The third-order valence-corrected chi connectivity index (χ3v) is 10.0. The molecule has 1 unspecified atom stereocenters. The fourth-order valence-electron chi connectivity index (χ4n) is 3.95. The summed E-state index contributed by atoms with van der Waals surface area (Å²) in [4.78, 5) is 18.1. The molecule has 9 nitrogen and oxygen atoms in total. The highest BCUT2D eigenvalue weighted by molar-refractivity contribution is 7.90. The van der Waals surface area contributed by atoms with Gasteiger partial charge in [0.1, 0.15) is 6.04 Å². The maximum absolute atomic E-state index is 13.3. The number of sulfone groups is 1. The Hall–Kier alpha value is -2.09. The summed E-state index contributed by atoms with van der Waals surface area (Å²) in [5.74, 6) is -0.568. The van der Waals surface area contributed by atoms with Gasteiger partial charge in [-0.1, -0.05) is 22.9 Å². The molecule has 1 aliphatic rings. The largest absolute Gasteiger partial charge is 0.383 e. The standard InChI is InChI=1S/C22H24ClN3O6S3/c1-32-13-12-25-18-10-9-17(34(2,28)29)14-20(18)33-22(25)24-21(27)19-4-3-11-26(19)35(30,31)16-7-5-15(23)6-8-16/h5-10,14,19H,3-4,11-13H2,1-2H3. The smallest absolute Gasteiger partial charge is 0.266 e. The number of hydrogen-bond donors (Lipinski definition) is 0. The van der Waals surface area contributed by atoms with Crippen molar-refractivity contribution >= 4 is 58.9 Å². The number of aromatic nitrogens is 1. The molecule has 0 saturated carbocycles. The number of sulfonamides is 1. The van der Waals surface area contributed by atoms with Crippen LogP contribution >= 0.6 is 22.9 Å². The van der Waals surface area contributed by atoms with E-state index in [1.807, 2.05) is 0 Å². The number of amides is 1. The van der Waals surface area contributed by atoms with Gasteiger partial charge < -0.3 is 9.30 Å². The van der Waals surface area contributed by atoms with Crippen molar-refractivity contribution < 1.29 is 26.4 Å². The lowest BCUT2D eigenvalue weighted by molar-refractivity contribution is -0.121. The Bertz CT molecular complexity index is 1540. The van der Waals surface area contributed by atoms with Crippen LogP contribution in [0.25, 0.3) is 10.2 Å². The van der Waals surface area contributed by atoms with Crippen LogP contribution in [0.4, 0.5) is 0 Å². The van der Waals surface area contributed by atoms with Crippen molar-refractivity contribution in [2.24, 2.45) is 4.99 Å². The van der Waals surface area contributed by atoms with Gasteiger partial charge in [-0.3, -0.25) is 4.79 Å². The zero-order valence-corrected chi connectivity index (χ0v) is 22.3. The van der Waals surface area contributed by atoms with E-state index < -0.39 is 31.8 Å².